The standard InChI is InChI=1S/C12H19NO2/c13-8-1-2-10-15-12-5-3-11(4-6-12)7-9-14/h3-6,14H,1-2,7-10,13H2. The van der Waals surface area contributed by atoms with Gasteiger partial charge in [-0.2, -0.15) is 0 Å². The van der Waals surface area contributed by atoms with Gasteiger partial charge in [-0.25, -0.2) is 0 Å². The van der Waals surface area contributed by atoms with Gasteiger partial charge in [0, 0.05) is 6.61 Å². The van der Waals surface area contributed by atoms with E-state index >= 15 is 0 Å². The molecule has 0 spiro atoms. The van der Waals surface area contributed by atoms with Gasteiger partial charge in [0.1, 0.15) is 5.75 Å². The van der Waals surface area contributed by atoms with Crippen LogP contribution in [0.3, 0.4) is 0 Å². The Balaban J connectivity index is 2.29. The summed E-state index contributed by atoms with van der Waals surface area (Å²) < 4.78 is 5.52. The molecule has 0 atom stereocenters. The SMILES string of the molecule is NCCCCOc1ccc(CCO)cc1. The number of aliphatic hydroxyl groups is 1. The van der Waals surface area contributed by atoms with Crippen molar-refractivity contribution in [3.05, 3.63) is 29.8 Å². The van der Waals surface area contributed by atoms with Gasteiger partial charge in [0.15, 0.2) is 0 Å². The summed E-state index contributed by atoms with van der Waals surface area (Å²) in [5.74, 6) is 0.883. The van der Waals surface area contributed by atoms with Crippen molar-refractivity contribution < 1.29 is 9.84 Å². The highest BCUT2D eigenvalue weighted by Gasteiger charge is 1.95. The predicted molar refractivity (Wildman–Crippen MR) is 61.0 cm³/mol. The predicted octanol–water partition coefficient (Wildman–Crippen LogP) is 1.34. The van der Waals surface area contributed by atoms with Gasteiger partial charge in [-0.3, -0.25) is 0 Å². The van der Waals surface area contributed by atoms with Crippen molar-refractivity contribution in [3.63, 3.8) is 0 Å². The van der Waals surface area contributed by atoms with Crippen LogP contribution in [0.25, 0.3) is 0 Å². The van der Waals surface area contributed by atoms with Crippen LogP contribution in [0.1, 0.15) is 18.4 Å². The molecule has 15 heavy (non-hydrogen) atoms. The van der Waals surface area contributed by atoms with Crippen LogP contribution in [0, 0.1) is 0 Å². The van der Waals surface area contributed by atoms with Crippen molar-refractivity contribution in [1.29, 1.82) is 0 Å². The van der Waals surface area contributed by atoms with Crippen LogP contribution in [0.4, 0.5) is 0 Å². The molecule has 3 heteroatoms. The molecule has 0 radical (unpaired) electrons. The largest absolute Gasteiger partial charge is 0.494 e. The molecule has 0 aliphatic carbocycles. The molecule has 0 aliphatic rings. The summed E-state index contributed by atoms with van der Waals surface area (Å²) in [5.41, 5.74) is 6.51. The average molecular weight is 209 g/mol. The van der Waals surface area contributed by atoms with Crippen molar-refractivity contribution in [2.75, 3.05) is 19.8 Å². The Bertz CT molecular complexity index is 259. The summed E-state index contributed by atoms with van der Waals surface area (Å²) in [7, 11) is 0. The number of nitrogens with two attached hydrogens (primary N) is 1. The summed E-state index contributed by atoms with van der Waals surface area (Å²) in [5, 5.41) is 8.75. The second-order valence-corrected chi connectivity index (χ2v) is 3.46. The van der Waals surface area contributed by atoms with Crippen LogP contribution in [-0.2, 0) is 6.42 Å². The second-order valence-electron chi connectivity index (χ2n) is 3.46. The van der Waals surface area contributed by atoms with Crippen LogP contribution >= 0.6 is 0 Å². The monoisotopic (exact) mass is 209 g/mol. The van der Waals surface area contributed by atoms with E-state index in [1.54, 1.807) is 0 Å². The zero-order chi connectivity index (χ0) is 10.9. The molecule has 3 N–H and O–H groups in total. The van der Waals surface area contributed by atoms with Gasteiger partial charge < -0.3 is 15.6 Å². The zero-order valence-corrected chi connectivity index (χ0v) is 8.98. The number of ether oxygens (including phenoxy) is 1. The molecule has 1 aromatic carbocycles. The summed E-state index contributed by atoms with van der Waals surface area (Å²) in [4.78, 5) is 0. The minimum absolute atomic E-state index is 0.191. The molecule has 0 fully saturated rings. The molecule has 0 aliphatic heterocycles. The lowest BCUT2D eigenvalue weighted by Crippen LogP contribution is -2.03. The first-order valence-corrected chi connectivity index (χ1v) is 5.39. The van der Waals surface area contributed by atoms with Crippen LogP contribution in [-0.4, -0.2) is 24.9 Å². The fraction of sp³-hybridized carbons (Fsp3) is 0.500. The van der Waals surface area contributed by atoms with Crippen LogP contribution in [0.2, 0.25) is 0 Å². The molecule has 3 nitrogen and oxygen atoms in total. The third-order valence-electron chi connectivity index (χ3n) is 2.19. The van der Waals surface area contributed by atoms with Crippen molar-refractivity contribution in [1.82, 2.24) is 0 Å². The maximum Gasteiger partial charge on any atom is 0.119 e. The lowest BCUT2D eigenvalue weighted by molar-refractivity contribution is 0.298. The van der Waals surface area contributed by atoms with Crippen LogP contribution in [0.5, 0.6) is 5.75 Å². The number of rotatable bonds is 7. The van der Waals surface area contributed by atoms with E-state index in [9.17, 15) is 0 Å². The van der Waals surface area contributed by atoms with Gasteiger partial charge in [0.25, 0.3) is 0 Å². The van der Waals surface area contributed by atoms with E-state index in [-0.39, 0.29) is 6.61 Å². The van der Waals surface area contributed by atoms with Gasteiger partial charge in [0.2, 0.25) is 0 Å². The number of benzene rings is 1. The summed E-state index contributed by atoms with van der Waals surface area (Å²) in [6, 6.07) is 7.84. The Hall–Kier alpha value is -1.06. The lowest BCUT2D eigenvalue weighted by atomic mass is 10.1. The van der Waals surface area contributed by atoms with Gasteiger partial charge in [0.05, 0.1) is 6.61 Å². The first-order valence-electron chi connectivity index (χ1n) is 5.39. The Morgan fingerprint density at radius 3 is 2.47 bits per heavy atom. The maximum atomic E-state index is 8.75. The minimum Gasteiger partial charge on any atom is -0.494 e. The zero-order valence-electron chi connectivity index (χ0n) is 8.98. The Morgan fingerprint density at radius 2 is 1.87 bits per heavy atom. The van der Waals surface area contributed by atoms with E-state index in [1.165, 1.54) is 0 Å². The molecule has 0 saturated carbocycles. The van der Waals surface area contributed by atoms with Crippen molar-refractivity contribution in [2.45, 2.75) is 19.3 Å². The number of hydrogen-bond acceptors (Lipinski definition) is 3. The Kier molecular flexibility index (Phi) is 5.81. The molecule has 0 amide bonds. The quantitative estimate of drug-likeness (QED) is 0.666. The first-order chi connectivity index (χ1) is 7.36. The van der Waals surface area contributed by atoms with Gasteiger partial charge in [-0.15, -0.1) is 0 Å². The highest BCUT2D eigenvalue weighted by Crippen LogP contribution is 2.12. The van der Waals surface area contributed by atoms with Crippen molar-refractivity contribution in [2.24, 2.45) is 5.73 Å². The summed E-state index contributed by atoms with van der Waals surface area (Å²) >= 11 is 0. The maximum absolute atomic E-state index is 8.75. The highest BCUT2D eigenvalue weighted by atomic mass is 16.5. The second kappa shape index (κ2) is 7.26. The normalized spacial score (nSPS) is 10.3. The fourth-order valence-corrected chi connectivity index (χ4v) is 1.32. The van der Waals surface area contributed by atoms with E-state index in [0.29, 0.717) is 6.42 Å². The smallest absolute Gasteiger partial charge is 0.119 e. The Labute approximate surface area is 90.9 Å². The van der Waals surface area contributed by atoms with Crippen LogP contribution in [0.15, 0.2) is 24.3 Å². The molecular formula is C12H19NO2. The third-order valence-corrected chi connectivity index (χ3v) is 2.19. The highest BCUT2D eigenvalue weighted by molar-refractivity contribution is 5.27. The molecule has 0 unspecified atom stereocenters. The van der Waals surface area contributed by atoms with E-state index in [0.717, 1.165) is 37.3 Å². The van der Waals surface area contributed by atoms with Gasteiger partial charge >= 0.3 is 0 Å². The molecule has 1 rings (SSSR count). The lowest BCUT2D eigenvalue weighted by Gasteiger charge is -2.06. The number of aliphatic hydroxyl groups excluding tert-OH is 1. The molecule has 0 aromatic heterocycles. The van der Waals surface area contributed by atoms with Gasteiger partial charge in [-0.05, 0) is 43.5 Å². The Morgan fingerprint density at radius 1 is 1.13 bits per heavy atom. The first kappa shape index (κ1) is 12.0. The molecular weight excluding hydrogens is 190 g/mol. The minimum atomic E-state index is 0.191. The molecule has 0 heterocycles. The van der Waals surface area contributed by atoms with Crippen LogP contribution < -0.4 is 10.5 Å². The van der Waals surface area contributed by atoms with E-state index < -0.39 is 0 Å². The number of hydrogen-bond donors (Lipinski definition) is 2. The fourth-order valence-electron chi connectivity index (χ4n) is 1.32. The molecule has 0 bridgehead atoms. The van der Waals surface area contributed by atoms with E-state index in [1.807, 2.05) is 24.3 Å². The van der Waals surface area contributed by atoms with Crippen molar-refractivity contribution >= 4 is 0 Å². The average Bonchev–Trinajstić information content (AvgIpc) is 2.27. The van der Waals surface area contributed by atoms with Gasteiger partial charge in [-0.1, -0.05) is 12.1 Å². The molecule has 1 aromatic rings. The van der Waals surface area contributed by atoms with E-state index in [4.69, 9.17) is 15.6 Å². The molecule has 84 valence electrons. The molecule has 0 saturated heterocycles. The van der Waals surface area contributed by atoms with E-state index in [2.05, 4.69) is 0 Å². The summed E-state index contributed by atoms with van der Waals surface area (Å²) in [6.45, 7) is 1.63. The summed E-state index contributed by atoms with van der Waals surface area (Å²) in [6.07, 6.45) is 2.70. The van der Waals surface area contributed by atoms with Crippen molar-refractivity contribution in [3.8, 4) is 5.75 Å². The topological polar surface area (TPSA) is 55.5 Å². The number of unbranched alkanes of at least 4 members (excludes halogenated alkanes) is 1. The third kappa shape index (κ3) is 4.81.